The Labute approximate surface area is 113 Å². The van der Waals surface area contributed by atoms with E-state index < -0.39 is 12.8 Å². The molecule has 0 aliphatic heterocycles. The minimum Gasteiger partial charge on any atom is -0.372 e. The fraction of sp³-hybridized carbons (Fsp3) is 1.00. The van der Waals surface area contributed by atoms with Gasteiger partial charge < -0.3 is 10.1 Å². The van der Waals surface area contributed by atoms with Gasteiger partial charge in [0.15, 0.2) is 0 Å². The summed E-state index contributed by atoms with van der Waals surface area (Å²) in [6.45, 7) is -0.941. The van der Waals surface area contributed by atoms with Gasteiger partial charge in [0.25, 0.3) is 0 Å². The third kappa shape index (κ3) is 4.63. The first-order valence-electron chi connectivity index (χ1n) is 7.29. The van der Waals surface area contributed by atoms with E-state index in [9.17, 15) is 13.2 Å². The van der Waals surface area contributed by atoms with Gasteiger partial charge in [-0.05, 0) is 56.9 Å². The van der Waals surface area contributed by atoms with Gasteiger partial charge in [-0.3, -0.25) is 0 Å². The summed E-state index contributed by atoms with van der Waals surface area (Å²) in [4.78, 5) is 0. The summed E-state index contributed by atoms with van der Waals surface area (Å²) < 4.78 is 40.5. The van der Waals surface area contributed by atoms with Crippen LogP contribution in [0.25, 0.3) is 0 Å². The average Bonchev–Trinajstić information content (AvgIpc) is 2.93. The van der Waals surface area contributed by atoms with Crippen LogP contribution in [-0.2, 0) is 4.74 Å². The van der Waals surface area contributed by atoms with Crippen molar-refractivity contribution in [3.8, 4) is 0 Å². The standard InChI is InChI=1S/C14H24F3NO/c1-18-13(4-5-19-9-14(15,16)17)8-12-7-10-2-3-11(12)6-10/h10-13,18H,2-9H2,1H3. The maximum absolute atomic E-state index is 12.0. The zero-order chi connectivity index (χ0) is 13.9. The number of halogens is 3. The number of alkyl halides is 3. The van der Waals surface area contributed by atoms with E-state index in [0.717, 1.165) is 24.2 Å². The number of nitrogens with one attached hydrogen (secondary N) is 1. The summed E-state index contributed by atoms with van der Waals surface area (Å²) in [7, 11) is 1.89. The van der Waals surface area contributed by atoms with Crippen LogP contribution in [0.3, 0.4) is 0 Å². The predicted octanol–water partition coefficient (Wildman–Crippen LogP) is 3.37. The SMILES string of the molecule is CNC(CCOCC(F)(F)F)CC1CC2CCC1C2. The van der Waals surface area contributed by atoms with E-state index in [1.165, 1.54) is 25.7 Å². The van der Waals surface area contributed by atoms with E-state index >= 15 is 0 Å². The number of hydrogen-bond donors (Lipinski definition) is 1. The molecule has 0 aromatic rings. The third-order valence-corrected chi connectivity index (χ3v) is 4.76. The van der Waals surface area contributed by atoms with Crippen molar-refractivity contribution in [1.82, 2.24) is 5.32 Å². The lowest BCUT2D eigenvalue weighted by Crippen LogP contribution is -2.31. The molecular formula is C14H24F3NO. The first-order chi connectivity index (χ1) is 8.98. The molecule has 0 saturated heterocycles. The summed E-state index contributed by atoms with van der Waals surface area (Å²) in [6.07, 6.45) is 3.00. The monoisotopic (exact) mass is 279 g/mol. The lowest BCUT2D eigenvalue weighted by Gasteiger charge is -2.26. The van der Waals surface area contributed by atoms with Gasteiger partial charge in [-0.1, -0.05) is 6.42 Å². The summed E-state index contributed by atoms with van der Waals surface area (Å²) in [5.74, 6) is 2.57. The van der Waals surface area contributed by atoms with Crippen molar-refractivity contribution in [2.75, 3.05) is 20.3 Å². The smallest absolute Gasteiger partial charge is 0.372 e. The summed E-state index contributed by atoms with van der Waals surface area (Å²) in [5, 5.41) is 3.22. The van der Waals surface area contributed by atoms with Crippen LogP contribution in [0.5, 0.6) is 0 Å². The second kappa shape index (κ2) is 6.44. The first-order valence-corrected chi connectivity index (χ1v) is 7.29. The first kappa shape index (κ1) is 15.1. The van der Waals surface area contributed by atoms with Crippen LogP contribution in [0.1, 0.15) is 38.5 Å². The summed E-state index contributed by atoms with van der Waals surface area (Å²) in [6, 6.07) is 0.289. The molecular weight excluding hydrogens is 255 g/mol. The van der Waals surface area contributed by atoms with Gasteiger partial charge in [0.1, 0.15) is 6.61 Å². The molecule has 2 bridgehead atoms. The largest absolute Gasteiger partial charge is 0.411 e. The van der Waals surface area contributed by atoms with Crippen molar-refractivity contribution >= 4 is 0 Å². The lowest BCUT2D eigenvalue weighted by molar-refractivity contribution is -0.174. The third-order valence-electron chi connectivity index (χ3n) is 4.76. The highest BCUT2D eigenvalue weighted by molar-refractivity contribution is 4.91. The van der Waals surface area contributed by atoms with Gasteiger partial charge >= 0.3 is 6.18 Å². The quantitative estimate of drug-likeness (QED) is 0.721. The molecule has 4 unspecified atom stereocenters. The Balaban J connectivity index is 1.63. The van der Waals surface area contributed by atoms with E-state index in [-0.39, 0.29) is 12.6 Å². The van der Waals surface area contributed by atoms with Crippen LogP contribution in [-0.4, -0.2) is 32.5 Å². The van der Waals surface area contributed by atoms with E-state index in [4.69, 9.17) is 4.74 Å². The number of rotatable bonds is 7. The average molecular weight is 279 g/mol. The predicted molar refractivity (Wildman–Crippen MR) is 67.9 cm³/mol. The molecule has 2 fully saturated rings. The minimum absolute atomic E-state index is 0.186. The molecule has 0 radical (unpaired) electrons. The van der Waals surface area contributed by atoms with Gasteiger partial charge in [-0.2, -0.15) is 13.2 Å². The summed E-state index contributed by atoms with van der Waals surface area (Å²) >= 11 is 0. The number of ether oxygens (including phenoxy) is 1. The molecule has 19 heavy (non-hydrogen) atoms. The zero-order valence-electron chi connectivity index (χ0n) is 11.5. The topological polar surface area (TPSA) is 21.3 Å². The molecule has 0 amide bonds. The van der Waals surface area contributed by atoms with Gasteiger partial charge in [-0.25, -0.2) is 0 Å². The zero-order valence-corrected chi connectivity index (χ0v) is 11.5. The van der Waals surface area contributed by atoms with Gasteiger partial charge in [0.05, 0.1) is 0 Å². The molecule has 2 rings (SSSR count). The van der Waals surface area contributed by atoms with Gasteiger partial charge in [0.2, 0.25) is 0 Å². The van der Waals surface area contributed by atoms with Crippen LogP contribution >= 0.6 is 0 Å². The van der Waals surface area contributed by atoms with Crippen molar-refractivity contribution in [2.24, 2.45) is 17.8 Å². The fourth-order valence-electron chi connectivity index (χ4n) is 3.82. The van der Waals surface area contributed by atoms with Crippen LogP contribution in [0, 0.1) is 17.8 Å². The summed E-state index contributed by atoms with van der Waals surface area (Å²) in [5.41, 5.74) is 0. The van der Waals surface area contributed by atoms with E-state index in [1.54, 1.807) is 0 Å². The van der Waals surface area contributed by atoms with Crippen molar-refractivity contribution in [1.29, 1.82) is 0 Å². The molecule has 1 N–H and O–H groups in total. The molecule has 0 heterocycles. The molecule has 5 heteroatoms. The van der Waals surface area contributed by atoms with Gasteiger partial charge in [0, 0.05) is 12.6 Å². The Kier molecular flexibility index (Phi) is 5.12. The molecule has 2 nitrogen and oxygen atoms in total. The highest BCUT2D eigenvalue weighted by Gasteiger charge is 2.39. The van der Waals surface area contributed by atoms with E-state index in [1.807, 2.05) is 7.05 Å². The molecule has 0 spiro atoms. The molecule has 0 aromatic carbocycles. The van der Waals surface area contributed by atoms with Crippen molar-refractivity contribution in [2.45, 2.75) is 50.7 Å². The van der Waals surface area contributed by atoms with Crippen molar-refractivity contribution < 1.29 is 17.9 Å². The Hall–Kier alpha value is -0.290. The van der Waals surface area contributed by atoms with Crippen LogP contribution in [0.4, 0.5) is 13.2 Å². The minimum atomic E-state index is -4.21. The van der Waals surface area contributed by atoms with Crippen LogP contribution < -0.4 is 5.32 Å². The molecule has 4 atom stereocenters. The molecule has 0 aromatic heterocycles. The molecule has 2 saturated carbocycles. The lowest BCUT2D eigenvalue weighted by atomic mass is 9.83. The Morgan fingerprint density at radius 2 is 2.05 bits per heavy atom. The van der Waals surface area contributed by atoms with Crippen molar-refractivity contribution in [3.63, 3.8) is 0 Å². The van der Waals surface area contributed by atoms with Crippen LogP contribution in [0.2, 0.25) is 0 Å². The molecule has 2 aliphatic rings. The van der Waals surface area contributed by atoms with E-state index in [0.29, 0.717) is 6.42 Å². The molecule has 112 valence electrons. The van der Waals surface area contributed by atoms with Crippen molar-refractivity contribution in [3.05, 3.63) is 0 Å². The highest BCUT2D eigenvalue weighted by atomic mass is 19.4. The fourth-order valence-corrected chi connectivity index (χ4v) is 3.82. The Morgan fingerprint density at radius 3 is 2.58 bits per heavy atom. The number of hydrogen-bond acceptors (Lipinski definition) is 2. The second-order valence-electron chi connectivity index (χ2n) is 6.11. The maximum atomic E-state index is 12.0. The Morgan fingerprint density at radius 1 is 1.26 bits per heavy atom. The highest BCUT2D eigenvalue weighted by Crippen LogP contribution is 2.49. The van der Waals surface area contributed by atoms with Gasteiger partial charge in [-0.15, -0.1) is 0 Å². The Bertz CT molecular complexity index is 282. The number of fused-ring (bicyclic) bond motifs is 2. The maximum Gasteiger partial charge on any atom is 0.411 e. The normalized spacial score (nSPS) is 31.9. The van der Waals surface area contributed by atoms with Crippen LogP contribution in [0.15, 0.2) is 0 Å². The van der Waals surface area contributed by atoms with E-state index in [2.05, 4.69) is 5.32 Å². The second-order valence-corrected chi connectivity index (χ2v) is 6.11. The molecule has 2 aliphatic carbocycles.